The fourth-order valence-electron chi connectivity index (χ4n) is 4.82. The van der Waals surface area contributed by atoms with Crippen LogP contribution in [-0.2, 0) is 11.2 Å². The molecule has 4 heteroatoms. The van der Waals surface area contributed by atoms with E-state index in [4.69, 9.17) is 5.11 Å². The van der Waals surface area contributed by atoms with Gasteiger partial charge in [-0.1, -0.05) is 53.6 Å². The zero-order valence-electron chi connectivity index (χ0n) is 16.6. The van der Waals surface area contributed by atoms with Crippen molar-refractivity contribution in [2.45, 2.75) is 64.1 Å². The minimum Gasteiger partial charge on any atom is -0.481 e. The number of benzene rings is 1. The first-order valence-corrected chi connectivity index (χ1v) is 10.4. The van der Waals surface area contributed by atoms with Gasteiger partial charge < -0.3 is 15.3 Å². The third-order valence-electron chi connectivity index (χ3n) is 6.17. The van der Waals surface area contributed by atoms with Crippen molar-refractivity contribution >= 4 is 5.97 Å². The molecule has 0 bridgehead atoms. The number of hydrogen-bond donors (Lipinski definition) is 3. The van der Waals surface area contributed by atoms with Crippen LogP contribution in [-0.4, -0.2) is 33.5 Å². The van der Waals surface area contributed by atoms with Gasteiger partial charge in [0.05, 0.1) is 12.2 Å². The number of carboxylic acids is 1. The van der Waals surface area contributed by atoms with E-state index in [2.05, 4.69) is 12.1 Å². The molecule has 1 saturated carbocycles. The van der Waals surface area contributed by atoms with Crippen molar-refractivity contribution in [1.82, 2.24) is 0 Å². The van der Waals surface area contributed by atoms with Gasteiger partial charge in [0.25, 0.3) is 0 Å². The third kappa shape index (κ3) is 5.55. The Kier molecular flexibility index (Phi) is 7.08. The van der Waals surface area contributed by atoms with E-state index >= 15 is 0 Å². The molecule has 1 aromatic carbocycles. The molecule has 0 aromatic heterocycles. The highest BCUT2D eigenvalue weighted by molar-refractivity contribution is 5.66. The van der Waals surface area contributed by atoms with Crippen LogP contribution >= 0.6 is 0 Å². The van der Waals surface area contributed by atoms with Gasteiger partial charge in [0.1, 0.15) is 0 Å². The SMILES string of the molecule is Cc1cccc(C[C@@H](O)/C=C/[C@@H]2[C@H]3CC(CCCCC(=O)O)=C[C@H]3C[C@H]2O)c1. The van der Waals surface area contributed by atoms with E-state index in [0.717, 1.165) is 37.7 Å². The Morgan fingerprint density at radius 3 is 2.89 bits per heavy atom. The van der Waals surface area contributed by atoms with Crippen LogP contribution in [0.4, 0.5) is 0 Å². The molecule has 3 rings (SSSR count). The van der Waals surface area contributed by atoms with Crippen molar-refractivity contribution in [2.75, 3.05) is 0 Å². The molecule has 2 aliphatic rings. The van der Waals surface area contributed by atoms with E-state index in [0.29, 0.717) is 18.3 Å². The van der Waals surface area contributed by atoms with E-state index in [1.54, 1.807) is 0 Å². The van der Waals surface area contributed by atoms with E-state index in [-0.39, 0.29) is 18.4 Å². The lowest BCUT2D eigenvalue weighted by Gasteiger charge is -2.19. The molecular weight excluding hydrogens is 352 g/mol. The first-order chi connectivity index (χ1) is 13.4. The molecule has 3 N–H and O–H groups in total. The minimum atomic E-state index is -0.727. The number of rotatable bonds is 9. The Hall–Kier alpha value is -1.91. The summed E-state index contributed by atoms with van der Waals surface area (Å²) in [4.78, 5) is 10.6. The first-order valence-electron chi connectivity index (χ1n) is 10.4. The highest BCUT2D eigenvalue weighted by atomic mass is 16.4. The number of allylic oxidation sites excluding steroid dienone is 2. The molecule has 4 nitrogen and oxygen atoms in total. The fraction of sp³-hybridized carbons (Fsp3) is 0.542. The molecule has 152 valence electrons. The highest BCUT2D eigenvalue weighted by Crippen LogP contribution is 2.48. The lowest BCUT2D eigenvalue weighted by molar-refractivity contribution is -0.137. The standard InChI is InChI=1S/C24H32O4/c1-16-5-4-7-17(11-16)13-20(25)9-10-21-22-14-18(6-2-3-8-24(27)28)12-19(22)15-23(21)26/h4-5,7,9-12,19-23,25-26H,2-3,6,8,13-15H2,1H3,(H,27,28)/b10-9+/t19-,20-,21+,22-,23+/m0/s1. The number of aliphatic hydroxyl groups excluding tert-OH is 2. The second-order valence-electron chi connectivity index (χ2n) is 8.48. The Morgan fingerprint density at radius 1 is 1.32 bits per heavy atom. The summed E-state index contributed by atoms with van der Waals surface area (Å²) in [6.45, 7) is 2.05. The molecule has 0 radical (unpaired) electrons. The van der Waals surface area contributed by atoms with Crippen molar-refractivity contribution < 1.29 is 20.1 Å². The van der Waals surface area contributed by atoms with Crippen LogP contribution in [0.1, 0.15) is 49.7 Å². The monoisotopic (exact) mass is 384 g/mol. The maximum absolute atomic E-state index is 10.6. The first kappa shape index (κ1) is 20.8. The van der Waals surface area contributed by atoms with Gasteiger partial charge in [-0.15, -0.1) is 0 Å². The van der Waals surface area contributed by atoms with Gasteiger partial charge in [-0.3, -0.25) is 4.79 Å². The summed E-state index contributed by atoms with van der Waals surface area (Å²) in [7, 11) is 0. The molecule has 0 aliphatic heterocycles. The summed E-state index contributed by atoms with van der Waals surface area (Å²) in [5, 5.41) is 29.6. The fourth-order valence-corrected chi connectivity index (χ4v) is 4.82. The number of carbonyl (C=O) groups is 1. The average molecular weight is 385 g/mol. The van der Waals surface area contributed by atoms with Crippen LogP contribution in [0.15, 0.2) is 48.1 Å². The maximum atomic E-state index is 10.6. The number of aliphatic hydroxyl groups is 2. The highest BCUT2D eigenvalue weighted by Gasteiger charge is 2.43. The normalized spacial score (nSPS) is 27.8. The maximum Gasteiger partial charge on any atom is 0.303 e. The minimum absolute atomic E-state index is 0.0879. The van der Waals surface area contributed by atoms with Crippen molar-refractivity contribution in [3.63, 3.8) is 0 Å². The lowest BCUT2D eigenvalue weighted by atomic mass is 9.88. The third-order valence-corrected chi connectivity index (χ3v) is 6.17. The molecule has 5 atom stereocenters. The Bertz CT molecular complexity index is 736. The number of aliphatic carboxylic acids is 1. The Labute approximate surface area is 167 Å². The molecule has 0 heterocycles. The van der Waals surface area contributed by atoms with Gasteiger partial charge in [-0.25, -0.2) is 0 Å². The summed E-state index contributed by atoms with van der Waals surface area (Å²) in [5.41, 5.74) is 3.72. The van der Waals surface area contributed by atoms with E-state index in [9.17, 15) is 15.0 Å². The summed E-state index contributed by atoms with van der Waals surface area (Å²) in [5.74, 6) is 0.180. The molecule has 1 aromatic rings. The lowest BCUT2D eigenvalue weighted by Crippen LogP contribution is -2.18. The Balaban J connectivity index is 1.51. The quantitative estimate of drug-likeness (QED) is 0.443. The second-order valence-corrected chi connectivity index (χ2v) is 8.48. The van der Waals surface area contributed by atoms with Crippen LogP contribution in [0, 0.1) is 24.7 Å². The van der Waals surface area contributed by atoms with Gasteiger partial charge in [-0.2, -0.15) is 0 Å². The molecule has 1 fully saturated rings. The number of unbranched alkanes of at least 4 members (excludes halogenated alkanes) is 1. The zero-order valence-corrected chi connectivity index (χ0v) is 16.6. The number of carboxylic acid groups (broad SMARTS) is 1. The summed E-state index contributed by atoms with van der Waals surface area (Å²) in [6, 6.07) is 8.18. The van der Waals surface area contributed by atoms with Crippen molar-refractivity contribution in [1.29, 1.82) is 0 Å². The van der Waals surface area contributed by atoms with Crippen LogP contribution in [0.3, 0.4) is 0 Å². The van der Waals surface area contributed by atoms with E-state index in [1.165, 1.54) is 11.1 Å². The summed E-state index contributed by atoms with van der Waals surface area (Å²) < 4.78 is 0. The number of fused-ring (bicyclic) bond motifs is 1. The molecule has 28 heavy (non-hydrogen) atoms. The number of hydrogen-bond acceptors (Lipinski definition) is 3. The molecule has 0 unspecified atom stereocenters. The second kappa shape index (κ2) is 9.53. The van der Waals surface area contributed by atoms with Crippen LogP contribution in [0.2, 0.25) is 0 Å². The predicted octanol–water partition coefficient (Wildman–Crippen LogP) is 4.04. The smallest absolute Gasteiger partial charge is 0.303 e. The van der Waals surface area contributed by atoms with Gasteiger partial charge in [0.15, 0.2) is 0 Å². The Morgan fingerprint density at radius 2 is 2.14 bits per heavy atom. The van der Waals surface area contributed by atoms with Crippen LogP contribution < -0.4 is 0 Å². The van der Waals surface area contributed by atoms with Gasteiger partial charge in [-0.05, 0) is 56.4 Å². The number of aryl methyl sites for hydroxylation is 1. The topological polar surface area (TPSA) is 77.8 Å². The summed E-state index contributed by atoms with van der Waals surface area (Å²) in [6.07, 6.45) is 10.5. The zero-order chi connectivity index (χ0) is 20.1. The van der Waals surface area contributed by atoms with E-state index in [1.807, 2.05) is 37.3 Å². The van der Waals surface area contributed by atoms with Crippen molar-refractivity contribution in [3.8, 4) is 0 Å². The van der Waals surface area contributed by atoms with Crippen molar-refractivity contribution in [3.05, 3.63) is 59.2 Å². The largest absolute Gasteiger partial charge is 0.481 e. The molecule has 0 spiro atoms. The van der Waals surface area contributed by atoms with Gasteiger partial charge >= 0.3 is 5.97 Å². The average Bonchev–Trinajstić information content (AvgIpc) is 3.13. The predicted molar refractivity (Wildman–Crippen MR) is 110 cm³/mol. The molecule has 2 aliphatic carbocycles. The molecule has 0 amide bonds. The molecule has 0 saturated heterocycles. The van der Waals surface area contributed by atoms with Gasteiger partial charge in [0.2, 0.25) is 0 Å². The van der Waals surface area contributed by atoms with Crippen molar-refractivity contribution in [2.24, 2.45) is 17.8 Å². The van der Waals surface area contributed by atoms with Crippen LogP contribution in [0.5, 0.6) is 0 Å². The molecular formula is C24H32O4. The van der Waals surface area contributed by atoms with Crippen LogP contribution in [0.25, 0.3) is 0 Å². The van der Waals surface area contributed by atoms with Gasteiger partial charge in [0, 0.05) is 18.8 Å². The van der Waals surface area contributed by atoms with E-state index < -0.39 is 12.1 Å². The summed E-state index contributed by atoms with van der Waals surface area (Å²) >= 11 is 0.